The van der Waals surface area contributed by atoms with Crippen LogP contribution < -0.4 is 10.9 Å². The van der Waals surface area contributed by atoms with Crippen molar-refractivity contribution in [3.8, 4) is 12.3 Å². The number of para-hydroxylation sites is 1. The van der Waals surface area contributed by atoms with Gasteiger partial charge in [-0.25, -0.2) is 0 Å². The number of aryl methyl sites for hydroxylation is 1. The van der Waals surface area contributed by atoms with Crippen LogP contribution in [-0.4, -0.2) is 22.6 Å². The molecule has 98 valence electrons. The van der Waals surface area contributed by atoms with E-state index in [1.165, 1.54) is 0 Å². The molecule has 3 nitrogen and oxygen atoms in total. The zero-order valence-electron chi connectivity index (χ0n) is 10.8. The van der Waals surface area contributed by atoms with E-state index in [-0.39, 0.29) is 5.56 Å². The molecule has 0 unspecified atom stereocenters. The van der Waals surface area contributed by atoms with Crippen LogP contribution in [0.15, 0.2) is 35.1 Å². The molecule has 1 aromatic carbocycles. The number of hydrogen-bond acceptors (Lipinski definition) is 3. The van der Waals surface area contributed by atoms with Gasteiger partial charge in [-0.1, -0.05) is 24.1 Å². The Balaban J connectivity index is 2.21. The largest absolute Gasteiger partial charge is 0.384 e. The summed E-state index contributed by atoms with van der Waals surface area (Å²) in [5, 5.41) is 4.37. The number of hydrogen-bond donors (Lipinski definition) is 1. The first kappa shape index (κ1) is 13.6. The van der Waals surface area contributed by atoms with Crippen LogP contribution in [0, 0.1) is 12.3 Å². The molecule has 1 heterocycles. The van der Waals surface area contributed by atoms with Gasteiger partial charge in [0, 0.05) is 36.5 Å². The molecule has 4 heteroatoms. The van der Waals surface area contributed by atoms with Gasteiger partial charge in [0.25, 0.3) is 5.56 Å². The topological polar surface area (TPSA) is 34.0 Å². The van der Waals surface area contributed by atoms with Gasteiger partial charge in [0.1, 0.15) is 0 Å². The van der Waals surface area contributed by atoms with Gasteiger partial charge in [-0.15, -0.1) is 18.2 Å². The highest BCUT2D eigenvalue weighted by molar-refractivity contribution is 7.99. The Hall–Kier alpha value is -1.86. The SMILES string of the molecule is C#CCSCCNc1cc(=O)n(C)c2ccccc12. The number of terminal acetylenes is 1. The Morgan fingerprint density at radius 3 is 3.00 bits per heavy atom. The average Bonchev–Trinajstić information content (AvgIpc) is 2.44. The summed E-state index contributed by atoms with van der Waals surface area (Å²) >= 11 is 1.70. The van der Waals surface area contributed by atoms with Crippen molar-refractivity contribution in [2.45, 2.75) is 0 Å². The number of aromatic nitrogens is 1. The lowest BCUT2D eigenvalue weighted by Crippen LogP contribution is -2.18. The highest BCUT2D eigenvalue weighted by Crippen LogP contribution is 2.20. The number of pyridine rings is 1. The number of fused-ring (bicyclic) bond motifs is 1. The van der Waals surface area contributed by atoms with E-state index in [0.29, 0.717) is 0 Å². The highest BCUT2D eigenvalue weighted by atomic mass is 32.2. The Labute approximate surface area is 117 Å². The Kier molecular flexibility index (Phi) is 4.53. The zero-order valence-corrected chi connectivity index (χ0v) is 11.7. The molecule has 1 aromatic heterocycles. The van der Waals surface area contributed by atoms with E-state index >= 15 is 0 Å². The maximum absolute atomic E-state index is 11.9. The zero-order chi connectivity index (χ0) is 13.7. The summed E-state index contributed by atoms with van der Waals surface area (Å²) in [6.45, 7) is 0.795. The molecule has 2 rings (SSSR count). The fourth-order valence-corrected chi connectivity index (χ4v) is 2.45. The lowest BCUT2D eigenvalue weighted by Gasteiger charge is -2.11. The normalized spacial score (nSPS) is 10.3. The van der Waals surface area contributed by atoms with Gasteiger partial charge in [-0.05, 0) is 6.07 Å². The third-order valence-electron chi connectivity index (χ3n) is 2.90. The maximum Gasteiger partial charge on any atom is 0.252 e. The van der Waals surface area contributed by atoms with Gasteiger partial charge in [0.05, 0.1) is 11.3 Å². The van der Waals surface area contributed by atoms with Crippen LogP contribution in [0.3, 0.4) is 0 Å². The van der Waals surface area contributed by atoms with Crippen LogP contribution in [0.5, 0.6) is 0 Å². The number of thioether (sulfide) groups is 1. The van der Waals surface area contributed by atoms with E-state index in [2.05, 4.69) is 11.2 Å². The number of nitrogens with one attached hydrogen (secondary N) is 1. The third kappa shape index (κ3) is 3.12. The molecule has 0 spiro atoms. The molecular formula is C15H16N2OS. The first-order valence-electron chi connectivity index (χ1n) is 6.08. The Morgan fingerprint density at radius 1 is 1.42 bits per heavy atom. The summed E-state index contributed by atoms with van der Waals surface area (Å²) < 4.78 is 1.66. The van der Waals surface area contributed by atoms with Crippen molar-refractivity contribution >= 4 is 28.4 Å². The molecule has 0 amide bonds. The predicted octanol–water partition coefficient (Wildman–Crippen LogP) is 2.32. The standard InChI is InChI=1S/C15H16N2OS/c1-3-9-19-10-8-16-13-11-15(18)17(2)14-7-5-4-6-12(13)14/h1,4-7,11,16H,8-10H2,2H3. The molecule has 0 aliphatic rings. The molecule has 2 aromatic rings. The summed E-state index contributed by atoms with van der Waals surface area (Å²) in [5.41, 5.74) is 1.83. The van der Waals surface area contributed by atoms with Crippen LogP contribution in [0.4, 0.5) is 5.69 Å². The van der Waals surface area contributed by atoms with Gasteiger partial charge in [0.15, 0.2) is 0 Å². The van der Waals surface area contributed by atoms with Crippen LogP contribution in [0.2, 0.25) is 0 Å². The molecule has 0 aliphatic heterocycles. The van der Waals surface area contributed by atoms with Crippen LogP contribution in [0.1, 0.15) is 0 Å². The second kappa shape index (κ2) is 6.35. The molecule has 1 N–H and O–H groups in total. The molecule has 0 radical (unpaired) electrons. The van der Waals surface area contributed by atoms with Crippen molar-refractivity contribution in [2.75, 3.05) is 23.4 Å². The number of anilines is 1. The van der Waals surface area contributed by atoms with Crippen LogP contribution in [0.25, 0.3) is 10.9 Å². The summed E-state index contributed by atoms with van der Waals surface area (Å²) in [6.07, 6.45) is 5.20. The second-order valence-corrected chi connectivity index (χ2v) is 5.26. The summed E-state index contributed by atoms with van der Waals surface area (Å²) in [7, 11) is 1.79. The van der Waals surface area contributed by atoms with E-state index < -0.39 is 0 Å². The van der Waals surface area contributed by atoms with Crippen molar-refractivity contribution in [3.63, 3.8) is 0 Å². The number of rotatable bonds is 5. The summed E-state index contributed by atoms with van der Waals surface area (Å²) in [4.78, 5) is 11.9. The highest BCUT2D eigenvalue weighted by Gasteiger charge is 2.05. The first-order chi connectivity index (χ1) is 9.24. The van der Waals surface area contributed by atoms with E-state index in [9.17, 15) is 4.79 Å². The van der Waals surface area contributed by atoms with E-state index in [1.54, 1.807) is 29.4 Å². The minimum absolute atomic E-state index is 0.00234. The maximum atomic E-state index is 11.9. The van der Waals surface area contributed by atoms with Crippen LogP contribution in [-0.2, 0) is 7.05 Å². The lowest BCUT2D eigenvalue weighted by molar-refractivity contribution is 0.906. The monoisotopic (exact) mass is 272 g/mol. The van der Waals surface area contributed by atoms with Crippen molar-refractivity contribution in [1.29, 1.82) is 0 Å². The predicted molar refractivity (Wildman–Crippen MR) is 83.8 cm³/mol. The van der Waals surface area contributed by atoms with Gasteiger partial charge >= 0.3 is 0 Å². The quantitative estimate of drug-likeness (QED) is 0.670. The minimum Gasteiger partial charge on any atom is -0.384 e. The van der Waals surface area contributed by atoms with Crippen LogP contribution >= 0.6 is 11.8 Å². The first-order valence-corrected chi connectivity index (χ1v) is 7.23. The minimum atomic E-state index is -0.00234. The smallest absolute Gasteiger partial charge is 0.252 e. The van der Waals surface area contributed by atoms with E-state index in [0.717, 1.165) is 34.6 Å². The molecule has 0 fully saturated rings. The fraction of sp³-hybridized carbons (Fsp3) is 0.267. The molecule has 0 aliphatic carbocycles. The fourth-order valence-electron chi connectivity index (χ4n) is 1.95. The van der Waals surface area contributed by atoms with E-state index in [1.807, 2.05) is 24.3 Å². The molecular weight excluding hydrogens is 256 g/mol. The molecule has 0 saturated carbocycles. The average molecular weight is 272 g/mol. The summed E-state index contributed by atoms with van der Waals surface area (Å²) in [6, 6.07) is 9.54. The van der Waals surface area contributed by atoms with E-state index in [4.69, 9.17) is 6.42 Å². The Bertz CT molecular complexity index is 670. The van der Waals surface area contributed by atoms with Crippen molar-refractivity contribution in [3.05, 3.63) is 40.7 Å². The lowest BCUT2D eigenvalue weighted by atomic mass is 10.2. The molecule has 19 heavy (non-hydrogen) atoms. The molecule has 0 bridgehead atoms. The van der Waals surface area contributed by atoms with Gasteiger partial charge < -0.3 is 9.88 Å². The third-order valence-corrected chi connectivity index (χ3v) is 3.76. The molecule has 0 saturated heterocycles. The van der Waals surface area contributed by atoms with Gasteiger partial charge in [0.2, 0.25) is 0 Å². The Morgan fingerprint density at radius 2 is 2.21 bits per heavy atom. The second-order valence-electron chi connectivity index (χ2n) is 4.16. The van der Waals surface area contributed by atoms with Gasteiger partial charge in [-0.2, -0.15) is 0 Å². The van der Waals surface area contributed by atoms with Gasteiger partial charge in [-0.3, -0.25) is 4.79 Å². The number of benzene rings is 1. The summed E-state index contributed by atoms with van der Waals surface area (Å²) in [5.74, 6) is 4.24. The number of nitrogens with zero attached hydrogens (tertiary/aromatic N) is 1. The van der Waals surface area contributed by atoms with Crippen molar-refractivity contribution < 1.29 is 0 Å². The molecule has 0 atom stereocenters. The van der Waals surface area contributed by atoms with Crippen molar-refractivity contribution in [2.24, 2.45) is 7.05 Å². The van der Waals surface area contributed by atoms with Crippen molar-refractivity contribution in [1.82, 2.24) is 4.57 Å².